The number of carbonyl (C=O) groups is 1. The molecule has 25 heavy (non-hydrogen) atoms. The van der Waals surface area contributed by atoms with Gasteiger partial charge in [0.1, 0.15) is 0 Å². The summed E-state index contributed by atoms with van der Waals surface area (Å²) in [5.74, 6) is 0.135. The lowest BCUT2D eigenvalue weighted by Crippen LogP contribution is -2.53. The molecule has 0 aliphatic carbocycles. The highest BCUT2D eigenvalue weighted by molar-refractivity contribution is 5.83. The Hall–Kier alpha value is -1.43. The number of amides is 1. The van der Waals surface area contributed by atoms with Crippen molar-refractivity contribution in [1.29, 1.82) is 0 Å². The number of likely N-dealkylation sites (tertiary alicyclic amines) is 1. The van der Waals surface area contributed by atoms with E-state index in [1.54, 1.807) is 0 Å². The van der Waals surface area contributed by atoms with Gasteiger partial charge in [-0.25, -0.2) is 0 Å². The molecule has 0 atom stereocenters. The standard InChI is InChI=1S/C20H31N3O2/c1-16-4-2-3-5-17(16)14-23-10-6-18(7-11-23)22-19(24)20(15-21)8-12-25-13-9-20/h2-5,18H,6-15,21H2,1H3,(H,22,24). The van der Waals surface area contributed by atoms with E-state index in [-0.39, 0.29) is 11.9 Å². The topological polar surface area (TPSA) is 67.6 Å². The molecule has 0 bridgehead atoms. The third-order valence-corrected chi connectivity index (χ3v) is 5.90. The zero-order valence-electron chi connectivity index (χ0n) is 15.3. The molecule has 2 fully saturated rings. The number of rotatable bonds is 5. The zero-order chi connectivity index (χ0) is 17.7. The maximum absolute atomic E-state index is 12.8. The quantitative estimate of drug-likeness (QED) is 0.854. The van der Waals surface area contributed by atoms with Gasteiger partial charge in [-0.3, -0.25) is 9.69 Å². The first-order valence-corrected chi connectivity index (χ1v) is 9.49. The molecule has 0 saturated carbocycles. The van der Waals surface area contributed by atoms with Crippen LogP contribution in [0, 0.1) is 12.3 Å². The molecule has 1 aromatic carbocycles. The SMILES string of the molecule is Cc1ccccc1CN1CCC(NC(=O)C2(CN)CCOCC2)CC1. The fourth-order valence-electron chi connectivity index (χ4n) is 3.89. The third-order valence-electron chi connectivity index (χ3n) is 5.90. The Labute approximate surface area is 150 Å². The number of aryl methyl sites for hydroxylation is 1. The molecule has 1 aromatic rings. The second-order valence-corrected chi connectivity index (χ2v) is 7.55. The monoisotopic (exact) mass is 345 g/mol. The van der Waals surface area contributed by atoms with E-state index in [0.29, 0.717) is 19.8 Å². The van der Waals surface area contributed by atoms with Gasteiger partial charge in [0.15, 0.2) is 0 Å². The highest BCUT2D eigenvalue weighted by atomic mass is 16.5. The lowest BCUT2D eigenvalue weighted by atomic mass is 9.79. The molecular weight excluding hydrogens is 314 g/mol. The summed E-state index contributed by atoms with van der Waals surface area (Å²) < 4.78 is 5.40. The van der Waals surface area contributed by atoms with Crippen LogP contribution in [0.3, 0.4) is 0 Å². The van der Waals surface area contributed by atoms with Crippen LogP contribution in [0.15, 0.2) is 24.3 Å². The fourth-order valence-corrected chi connectivity index (χ4v) is 3.89. The molecule has 1 amide bonds. The number of carbonyl (C=O) groups excluding carboxylic acids is 1. The molecule has 3 N–H and O–H groups in total. The minimum atomic E-state index is -0.420. The largest absolute Gasteiger partial charge is 0.381 e. The van der Waals surface area contributed by atoms with Crippen LogP contribution < -0.4 is 11.1 Å². The number of ether oxygens (including phenoxy) is 1. The molecular formula is C20H31N3O2. The third kappa shape index (κ3) is 4.40. The lowest BCUT2D eigenvalue weighted by molar-refractivity contribution is -0.137. The summed E-state index contributed by atoms with van der Waals surface area (Å²) in [6, 6.07) is 8.84. The highest BCUT2D eigenvalue weighted by Gasteiger charge is 2.39. The summed E-state index contributed by atoms with van der Waals surface area (Å²) in [6.07, 6.45) is 3.49. The predicted molar refractivity (Wildman–Crippen MR) is 99.2 cm³/mol. The van der Waals surface area contributed by atoms with E-state index in [2.05, 4.69) is 41.4 Å². The summed E-state index contributed by atoms with van der Waals surface area (Å²) in [6.45, 7) is 6.91. The number of nitrogens with zero attached hydrogens (tertiary/aromatic N) is 1. The van der Waals surface area contributed by atoms with E-state index in [9.17, 15) is 4.79 Å². The van der Waals surface area contributed by atoms with Gasteiger partial charge in [-0.1, -0.05) is 24.3 Å². The first-order valence-electron chi connectivity index (χ1n) is 9.49. The van der Waals surface area contributed by atoms with Gasteiger partial charge in [0.25, 0.3) is 0 Å². The van der Waals surface area contributed by atoms with Crippen LogP contribution >= 0.6 is 0 Å². The molecule has 3 rings (SSSR count). The van der Waals surface area contributed by atoms with Crippen molar-refractivity contribution >= 4 is 5.91 Å². The first-order chi connectivity index (χ1) is 12.1. The Morgan fingerprint density at radius 1 is 1.28 bits per heavy atom. The van der Waals surface area contributed by atoms with Crippen LogP contribution in [0.25, 0.3) is 0 Å². The van der Waals surface area contributed by atoms with Crippen molar-refractivity contribution in [3.63, 3.8) is 0 Å². The van der Waals surface area contributed by atoms with E-state index in [1.165, 1.54) is 11.1 Å². The van der Waals surface area contributed by atoms with Gasteiger partial charge in [-0.05, 0) is 43.7 Å². The Morgan fingerprint density at radius 3 is 2.60 bits per heavy atom. The predicted octanol–water partition coefficient (Wildman–Crippen LogP) is 1.83. The summed E-state index contributed by atoms with van der Waals surface area (Å²) in [5, 5.41) is 3.27. The van der Waals surface area contributed by atoms with Crippen LogP contribution in [0.1, 0.15) is 36.8 Å². The Morgan fingerprint density at radius 2 is 1.96 bits per heavy atom. The van der Waals surface area contributed by atoms with E-state index < -0.39 is 5.41 Å². The van der Waals surface area contributed by atoms with Crippen molar-refractivity contribution < 1.29 is 9.53 Å². The fraction of sp³-hybridized carbons (Fsp3) is 0.650. The summed E-state index contributed by atoms with van der Waals surface area (Å²) in [4.78, 5) is 15.3. The number of piperidine rings is 1. The van der Waals surface area contributed by atoms with Crippen LogP contribution in [-0.4, -0.2) is 49.7 Å². The smallest absolute Gasteiger partial charge is 0.227 e. The van der Waals surface area contributed by atoms with E-state index in [4.69, 9.17) is 10.5 Å². The summed E-state index contributed by atoms with van der Waals surface area (Å²) >= 11 is 0. The number of benzene rings is 1. The van der Waals surface area contributed by atoms with Crippen molar-refractivity contribution in [1.82, 2.24) is 10.2 Å². The van der Waals surface area contributed by atoms with Gasteiger partial charge in [0.2, 0.25) is 5.91 Å². The van der Waals surface area contributed by atoms with Crippen molar-refractivity contribution in [2.75, 3.05) is 32.8 Å². The molecule has 0 aromatic heterocycles. The van der Waals surface area contributed by atoms with Gasteiger partial charge >= 0.3 is 0 Å². The molecule has 138 valence electrons. The second kappa shape index (κ2) is 8.30. The average molecular weight is 345 g/mol. The molecule has 0 unspecified atom stereocenters. The van der Waals surface area contributed by atoms with Crippen molar-refractivity contribution in [3.05, 3.63) is 35.4 Å². The van der Waals surface area contributed by atoms with E-state index in [1.807, 2.05) is 0 Å². The highest BCUT2D eigenvalue weighted by Crippen LogP contribution is 2.30. The molecule has 5 nitrogen and oxygen atoms in total. The molecule has 2 heterocycles. The number of hydrogen-bond acceptors (Lipinski definition) is 4. The average Bonchev–Trinajstić information content (AvgIpc) is 2.65. The summed E-state index contributed by atoms with van der Waals surface area (Å²) in [7, 11) is 0. The Balaban J connectivity index is 1.49. The van der Waals surface area contributed by atoms with Crippen LogP contribution in [0.2, 0.25) is 0 Å². The molecule has 0 radical (unpaired) electrons. The minimum absolute atomic E-state index is 0.135. The van der Waals surface area contributed by atoms with Crippen molar-refractivity contribution in [3.8, 4) is 0 Å². The minimum Gasteiger partial charge on any atom is -0.381 e. The van der Waals surface area contributed by atoms with Crippen LogP contribution in [-0.2, 0) is 16.1 Å². The van der Waals surface area contributed by atoms with Gasteiger partial charge < -0.3 is 15.8 Å². The van der Waals surface area contributed by atoms with Crippen LogP contribution in [0.5, 0.6) is 0 Å². The van der Waals surface area contributed by atoms with E-state index >= 15 is 0 Å². The molecule has 2 aliphatic rings. The maximum atomic E-state index is 12.8. The van der Waals surface area contributed by atoms with Gasteiger partial charge in [-0.15, -0.1) is 0 Å². The first kappa shape index (κ1) is 18.4. The molecule has 0 spiro atoms. The number of nitrogens with two attached hydrogens (primary N) is 1. The zero-order valence-corrected chi connectivity index (χ0v) is 15.3. The van der Waals surface area contributed by atoms with Crippen molar-refractivity contribution in [2.24, 2.45) is 11.1 Å². The van der Waals surface area contributed by atoms with Crippen molar-refractivity contribution in [2.45, 2.75) is 45.2 Å². The maximum Gasteiger partial charge on any atom is 0.227 e. The molecule has 2 aliphatic heterocycles. The molecule has 5 heteroatoms. The number of hydrogen-bond donors (Lipinski definition) is 2. The lowest BCUT2D eigenvalue weighted by Gasteiger charge is -2.38. The van der Waals surface area contributed by atoms with Gasteiger partial charge in [0, 0.05) is 45.4 Å². The van der Waals surface area contributed by atoms with Gasteiger partial charge in [-0.2, -0.15) is 0 Å². The normalized spacial score (nSPS) is 21.8. The second-order valence-electron chi connectivity index (χ2n) is 7.55. The Bertz CT molecular complexity index is 576. The van der Waals surface area contributed by atoms with E-state index in [0.717, 1.165) is 45.3 Å². The van der Waals surface area contributed by atoms with Crippen LogP contribution in [0.4, 0.5) is 0 Å². The molecule has 2 saturated heterocycles. The summed E-state index contributed by atoms with van der Waals surface area (Å²) in [5.41, 5.74) is 8.27. The number of nitrogens with one attached hydrogen (secondary N) is 1. The Kier molecular flexibility index (Phi) is 6.10. The van der Waals surface area contributed by atoms with Gasteiger partial charge in [0.05, 0.1) is 5.41 Å².